The molecule has 1 aromatic rings. The Kier molecular flexibility index (Phi) is 4.59. The molecule has 0 aliphatic carbocycles. The number of carbonyl (C=O) groups is 2. The van der Waals surface area contributed by atoms with E-state index in [4.69, 9.17) is 0 Å². The molecular formula is C13H14BrNO4S. The number of aromatic hydroxyl groups is 1. The average Bonchev–Trinajstić information content (AvgIpc) is 2.69. The molecule has 5 nitrogen and oxygen atoms in total. The summed E-state index contributed by atoms with van der Waals surface area (Å²) in [6, 6.07) is 3.89. The number of carboxylic acid groups (broad SMARTS) is 1. The average molecular weight is 360 g/mol. The normalized spacial score (nSPS) is 20.2. The number of hydrogen-bond donors (Lipinski definition) is 3. The fraction of sp³-hybridized carbons (Fsp3) is 0.385. The molecule has 20 heavy (non-hydrogen) atoms. The number of aliphatic carboxylic acids is 1. The second-order valence-electron chi connectivity index (χ2n) is 4.75. The van der Waals surface area contributed by atoms with Gasteiger partial charge in [0.05, 0.1) is 4.47 Å². The smallest absolute Gasteiger partial charge is 0.326 e. The van der Waals surface area contributed by atoms with Crippen molar-refractivity contribution in [2.45, 2.75) is 24.1 Å². The Hall–Kier alpha value is -1.21. The molecule has 1 heterocycles. The summed E-state index contributed by atoms with van der Waals surface area (Å²) in [6.45, 7) is 0.345. The van der Waals surface area contributed by atoms with E-state index in [1.165, 1.54) is 11.0 Å². The van der Waals surface area contributed by atoms with Crippen LogP contribution in [0.1, 0.15) is 12.0 Å². The Bertz CT molecular complexity index is 551. The van der Waals surface area contributed by atoms with Crippen molar-refractivity contribution < 1.29 is 19.8 Å². The Morgan fingerprint density at radius 3 is 2.75 bits per heavy atom. The van der Waals surface area contributed by atoms with Gasteiger partial charge in [0.1, 0.15) is 11.8 Å². The van der Waals surface area contributed by atoms with Crippen LogP contribution >= 0.6 is 28.6 Å². The number of halogens is 1. The van der Waals surface area contributed by atoms with Crippen LogP contribution < -0.4 is 0 Å². The van der Waals surface area contributed by atoms with Gasteiger partial charge in [-0.15, -0.1) is 0 Å². The number of carbonyl (C=O) groups excluding carboxylic acids is 1. The molecule has 0 bridgehead atoms. The van der Waals surface area contributed by atoms with E-state index in [-0.39, 0.29) is 29.7 Å². The summed E-state index contributed by atoms with van der Waals surface area (Å²) in [5.74, 6) is -1.13. The van der Waals surface area contributed by atoms with Crippen LogP contribution in [0.3, 0.4) is 0 Å². The number of amides is 1. The third kappa shape index (κ3) is 3.27. The number of benzene rings is 1. The number of rotatable bonds is 4. The van der Waals surface area contributed by atoms with E-state index in [1.54, 1.807) is 12.1 Å². The Labute approximate surface area is 130 Å². The maximum atomic E-state index is 11.8. The first-order chi connectivity index (χ1) is 9.38. The summed E-state index contributed by atoms with van der Waals surface area (Å²) < 4.78 is 0.499. The Balaban J connectivity index is 2.19. The number of phenols is 1. The van der Waals surface area contributed by atoms with Crippen molar-refractivity contribution >= 4 is 40.4 Å². The summed E-state index contributed by atoms with van der Waals surface area (Å²) in [5.41, 5.74) is 0.734. The van der Waals surface area contributed by atoms with Crippen LogP contribution in [0.4, 0.5) is 0 Å². The first-order valence-electron chi connectivity index (χ1n) is 6.06. The highest BCUT2D eigenvalue weighted by Gasteiger charge is 2.36. The molecular weight excluding hydrogens is 346 g/mol. The van der Waals surface area contributed by atoms with E-state index in [2.05, 4.69) is 28.6 Å². The second-order valence-corrected chi connectivity index (χ2v) is 6.33. The monoisotopic (exact) mass is 359 g/mol. The highest BCUT2D eigenvalue weighted by Crippen LogP contribution is 2.26. The largest absolute Gasteiger partial charge is 0.507 e. The summed E-state index contributed by atoms with van der Waals surface area (Å²) in [5, 5.41) is 18.7. The number of carboxylic acids is 1. The van der Waals surface area contributed by atoms with Crippen molar-refractivity contribution in [3.05, 3.63) is 28.2 Å². The van der Waals surface area contributed by atoms with Crippen molar-refractivity contribution in [2.75, 3.05) is 6.54 Å². The molecule has 1 aromatic carbocycles. The van der Waals surface area contributed by atoms with Crippen molar-refractivity contribution in [1.29, 1.82) is 0 Å². The van der Waals surface area contributed by atoms with Crippen molar-refractivity contribution in [3.8, 4) is 5.75 Å². The van der Waals surface area contributed by atoms with Crippen molar-refractivity contribution in [3.63, 3.8) is 0 Å². The predicted molar refractivity (Wildman–Crippen MR) is 80.0 cm³/mol. The molecule has 2 rings (SSSR count). The minimum atomic E-state index is -1.04. The second kappa shape index (κ2) is 6.05. The Morgan fingerprint density at radius 1 is 1.55 bits per heavy atom. The molecule has 7 heteroatoms. The van der Waals surface area contributed by atoms with E-state index in [0.717, 1.165) is 5.56 Å². The lowest BCUT2D eigenvalue weighted by atomic mass is 10.0. The molecule has 1 amide bonds. The lowest BCUT2D eigenvalue weighted by molar-refractivity contribution is -0.148. The van der Waals surface area contributed by atoms with Gasteiger partial charge in [0.15, 0.2) is 0 Å². The van der Waals surface area contributed by atoms with Gasteiger partial charge in [0.2, 0.25) is 5.91 Å². The van der Waals surface area contributed by atoms with Crippen LogP contribution in [-0.2, 0) is 16.0 Å². The maximum absolute atomic E-state index is 11.8. The number of likely N-dealkylation sites (tertiary alicyclic amines) is 1. The molecule has 2 atom stereocenters. The summed E-state index contributed by atoms with van der Waals surface area (Å²) >= 11 is 7.42. The van der Waals surface area contributed by atoms with Crippen LogP contribution in [-0.4, -0.2) is 44.8 Å². The van der Waals surface area contributed by atoms with Gasteiger partial charge >= 0.3 is 5.97 Å². The van der Waals surface area contributed by atoms with Crippen LogP contribution in [0, 0.1) is 0 Å². The molecule has 1 unspecified atom stereocenters. The summed E-state index contributed by atoms with van der Waals surface area (Å²) in [6.07, 6.45) is 0.465. The first kappa shape index (κ1) is 15.2. The summed E-state index contributed by atoms with van der Waals surface area (Å²) in [7, 11) is 0. The summed E-state index contributed by atoms with van der Waals surface area (Å²) in [4.78, 5) is 24.6. The third-order valence-electron chi connectivity index (χ3n) is 3.24. The van der Waals surface area contributed by atoms with Crippen LogP contribution in [0.5, 0.6) is 5.75 Å². The van der Waals surface area contributed by atoms with Crippen LogP contribution in [0.2, 0.25) is 0 Å². The third-order valence-corrected chi connectivity index (χ3v) is 4.22. The standard InChI is InChI=1S/C13H14BrNO4S/c14-9-3-7(1-2-11(9)16)4-10(13(18)19)15-6-8(20)5-12(15)17/h1-3,8,10,16,20H,4-6H2,(H,18,19)/t8?,10-/m0/s1. The van der Waals surface area contributed by atoms with Gasteiger partial charge in [0.25, 0.3) is 0 Å². The van der Waals surface area contributed by atoms with Gasteiger partial charge < -0.3 is 15.1 Å². The number of nitrogens with zero attached hydrogens (tertiary/aromatic N) is 1. The molecule has 1 aliphatic rings. The van der Waals surface area contributed by atoms with Gasteiger partial charge in [-0.1, -0.05) is 6.07 Å². The highest BCUT2D eigenvalue weighted by molar-refractivity contribution is 9.10. The molecule has 0 aromatic heterocycles. The molecule has 1 aliphatic heterocycles. The lowest BCUT2D eigenvalue weighted by Gasteiger charge is -2.24. The van der Waals surface area contributed by atoms with E-state index in [0.29, 0.717) is 11.0 Å². The van der Waals surface area contributed by atoms with E-state index in [1.807, 2.05) is 0 Å². The van der Waals surface area contributed by atoms with Gasteiger partial charge in [-0.05, 0) is 33.6 Å². The fourth-order valence-corrected chi connectivity index (χ4v) is 3.00. The highest BCUT2D eigenvalue weighted by atomic mass is 79.9. The number of hydrogen-bond acceptors (Lipinski definition) is 4. The van der Waals surface area contributed by atoms with Gasteiger partial charge in [0, 0.05) is 24.6 Å². The zero-order valence-corrected chi connectivity index (χ0v) is 13.0. The van der Waals surface area contributed by atoms with Crippen LogP contribution in [0.15, 0.2) is 22.7 Å². The fourth-order valence-electron chi connectivity index (χ4n) is 2.24. The van der Waals surface area contributed by atoms with E-state index < -0.39 is 12.0 Å². The van der Waals surface area contributed by atoms with Crippen molar-refractivity contribution in [1.82, 2.24) is 4.90 Å². The number of phenolic OH excluding ortho intramolecular Hbond substituents is 1. The molecule has 1 fully saturated rings. The quantitative estimate of drug-likeness (QED) is 0.714. The lowest BCUT2D eigenvalue weighted by Crippen LogP contribution is -2.43. The minimum Gasteiger partial charge on any atom is -0.507 e. The molecule has 0 saturated carbocycles. The zero-order chi connectivity index (χ0) is 14.9. The van der Waals surface area contributed by atoms with Crippen LogP contribution in [0.25, 0.3) is 0 Å². The predicted octanol–water partition coefficient (Wildman–Crippen LogP) is 1.68. The van der Waals surface area contributed by atoms with E-state index in [9.17, 15) is 19.8 Å². The molecule has 0 spiro atoms. The molecule has 0 radical (unpaired) electrons. The van der Waals surface area contributed by atoms with E-state index >= 15 is 0 Å². The Morgan fingerprint density at radius 2 is 2.25 bits per heavy atom. The first-order valence-corrected chi connectivity index (χ1v) is 7.37. The molecule has 2 N–H and O–H groups in total. The zero-order valence-electron chi connectivity index (χ0n) is 10.5. The molecule has 108 valence electrons. The van der Waals surface area contributed by atoms with Gasteiger partial charge in [-0.25, -0.2) is 4.79 Å². The van der Waals surface area contributed by atoms with Gasteiger partial charge in [-0.2, -0.15) is 12.6 Å². The topological polar surface area (TPSA) is 77.8 Å². The maximum Gasteiger partial charge on any atom is 0.326 e. The van der Waals surface area contributed by atoms with Crippen molar-refractivity contribution in [2.24, 2.45) is 0 Å². The minimum absolute atomic E-state index is 0.0910. The SMILES string of the molecule is O=C(O)[C@H](Cc1ccc(O)c(Br)c1)N1CC(S)CC1=O. The molecule has 1 saturated heterocycles. The van der Waals surface area contributed by atoms with Gasteiger partial charge in [-0.3, -0.25) is 4.79 Å². The number of thiol groups is 1.